The van der Waals surface area contributed by atoms with E-state index in [4.69, 9.17) is 15.2 Å². The maximum absolute atomic E-state index is 5.88. The highest BCUT2D eigenvalue weighted by Crippen LogP contribution is 2.19. The minimum Gasteiger partial charge on any atom is -0.379 e. The quantitative estimate of drug-likeness (QED) is 0.661. The van der Waals surface area contributed by atoms with E-state index >= 15 is 0 Å². The predicted octanol–water partition coefficient (Wildman–Crippen LogP) is 2.09. The van der Waals surface area contributed by atoms with E-state index in [1.54, 1.807) is 0 Å². The van der Waals surface area contributed by atoms with E-state index in [0.717, 1.165) is 39.1 Å². The third kappa shape index (κ3) is 6.13. The van der Waals surface area contributed by atoms with E-state index in [0.29, 0.717) is 12.1 Å². The molecule has 0 saturated heterocycles. The van der Waals surface area contributed by atoms with Crippen LogP contribution >= 0.6 is 0 Å². The maximum Gasteiger partial charge on any atom is 0.0704 e. The molecule has 3 heteroatoms. The van der Waals surface area contributed by atoms with Crippen LogP contribution in [-0.2, 0) is 9.47 Å². The molecule has 0 aliphatic heterocycles. The highest BCUT2D eigenvalue weighted by Gasteiger charge is 2.19. The number of hydrogen-bond acceptors (Lipinski definition) is 3. The molecule has 2 unspecified atom stereocenters. The van der Waals surface area contributed by atoms with Crippen molar-refractivity contribution in [2.45, 2.75) is 57.6 Å². The lowest BCUT2D eigenvalue weighted by Crippen LogP contribution is -2.32. The van der Waals surface area contributed by atoms with Gasteiger partial charge in [-0.3, -0.25) is 0 Å². The van der Waals surface area contributed by atoms with Gasteiger partial charge in [-0.25, -0.2) is 0 Å². The van der Waals surface area contributed by atoms with Crippen molar-refractivity contribution in [3.8, 4) is 0 Å². The topological polar surface area (TPSA) is 44.5 Å². The van der Waals surface area contributed by atoms with Crippen LogP contribution in [0.3, 0.4) is 0 Å². The zero-order valence-corrected chi connectivity index (χ0v) is 9.91. The van der Waals surface area contributed by atoms with Gasteiger partial charge in [-0.05, 0) is 32.1 Å². The number of unbranched alkanes of at least 4 members (excludes halogenated alkanes) is 1. The molecule has 2 N–H and O–H groups in total. The Morgan fingerprint density at radius 1 is 1.20 bits per heavy atom. The van der Waals surface area contributed by atoms with Crippen molar-refractivity contribution in [1.82, 2.24) is 0 Å². The Hall–Kier alpha value is -0.120. The Morgan fingerprint density at radius 2 is 2.07 bits per heavy atom. The molecule has 1 fully saturated rings. The van der Waals surface area contributed by atoms with Crippen LogP contribution < -0.4 is 5.73 Å². The molecule has 1 aliphatic carbocycles. The third-order valence-corrected chi connectivity index (χ3v) is 2.89. The minimum atomic E-state index is 0.352. The first-order valence-corrected chi connectivity index (χ1v) is 6.28. The Bertz CT molecular complexity index is 153. The van der Waals surface area contributed by atoms with Crippen LogP contribution in [0, 0.1) is 0 Å². The van der Waals surface area contributed by atoms with Gasteiger partial charge < -0.3 is 15.2 Å². The average molecular weight is 215 g/mol. The summed E-state index contributed by atoms with van der Waals surface area (Å²) in [7, 11) is 0. The van der Waals surface area contributed by atoms with Crippen molar-refractivity contribution in [2.24, 2.45) is 5.73 Å². The molecule has 0 heterocycles. The van der Waals surface area contributed by atoms with Gasteiger partial charge in [-0.2, -0.15) is 0 Å². The second kappa shape index (κ2) is 8.08. The van der Waals surface area contributed by atoms with Gasteiger partial charge in [0.15, 0.2) is 0 Å². The average Bonchev–Trinajstić information content (AvgIpc) is 2.23. The van der Waals surface area contributed by atoms with Crippen LogP contribution in [0.5, 0.6) is 0 Å². The summed E-state index contributed by atoms with van der Waals surface area (Å²) in [5, 5.41) is 0. The van der Waals surface area contributed by atoms with Crippen molar-refractivity contribution < 1.29 is 9.47 Å². The van der Waals surface area contributed by atoms with Crippen molar-refractivity contribution in [2.75, 3.05) is 19.8 Å². The van der Waals surface area contributed by atoms with Crippen LogP contribution in [0.4, 0.5) is 0 Å². The zero-order valence-electron chi connectivity index (χ0n) is 9.91. The Labute approximate surface area is 93.3 Å². The largest absolute Gasteiger partial charge is 0.379 e. The van der Waals surface area contributed by atoms with Crippen LogP contribution in [0.15, 0.2) is 0 Å². The van der Waals surface area contributed by atoms with Gasteiger partial charge in [-0.15, -0.1) is 0 Å². The summed E-state index contributed by atoms with van der Waals surface area (Å²) in [5.74, 6) is 0. The summed E-state index contributed by atoms with van der Waals surface area (Å²) in [6.45, 7) is 4.49. The fourth-order valence-corrected chi connectivity index (χ4v) is 1.95. The molecular weight excluding hydrogens is 190 g/mol. The highest BCUT2D eigenvalue weighted by atomic mass is 16.5. The van der Waals surface area contributed by atoms with E-state index < -0.39 is 0 Å². The second-order valence-corrected chi connectivity index (χ2v) is 4.39. The van der Waals surface area contributed by atoms with Crippen LogP contribution in [-0.4, -0.2) is 32.0 Å². The molecular formula is C12H25NO2. The Balaban J connectivity index is 1.90. The normalized spacial score (nSPS) is 26.8. The molecule has 0 radical (unpaired) electrons. The number of rotatable bonds is 7. The molecule has 90 valence electrons. The monoisotopic (exact) mass is 215 g/mol. The molecule has 0 bridgehead atoms. The van der Waals surface area contributed by atoms with Gasteiger partial charge in [0.2, 0.25) is 0 Å². The van der Waals surface area contributed by atoms with E-state index in [-0.39, 0.29) is 0 Å². The van der Waals surface area contributed by atoms with Gasteiger partial charge in [0, 0.05) is 12.6 Å². The third-order valence-electron chi connectivity index (χ3n) is 2.89. The Kier molecular flexibility index (Phi) is 6.98. The van der Waals surface area contributed by atoms with Gasteiger partial charge in [0.05, 0.1) is 19.3 Å². The zero-order chi connectivity index (χ0) is 10.9. The fraction of sp³-hybridized carbons (Fsp3) is 1.00. The van der Waals surface area contributed by atoms with E-state index in [1.165, 1.54) is 19.3 Å². The van der Waals surface area contributed by atoms with Crippen LogP contribution in [0.25, 0.3) is 0 Å². The SMILES string of the molecule is CCCCOCCOC1CCCC(N)C1. The van der Waals surface area contributed by atoms with Crippen molar-refractivity contribution >= 4 is 0 Å². The lowest BCUT2D eigenvalue weighted by atomic mass is 9.94. The molecule has 3 nitrogen and oxygen atoms in total. The lowest BCUT2D eigenvalue weighted by Gasteiger charge is -2.26. The second-order valence-electron chi connectivity index (χ2n) is 4.39. The molecule has 1 aliphatic rings. The molecule has 0 aromatic heterocycles. The first-order chi connectivity index (χ1) is 7.33. The summed E-state index contributed by atoms with van der Waals surface area (Å²) in [6.07, 6.45) is 7.28. The smallest absolute Gasteiger partial charge is 0.0704 e. The number of hydrogen-bond donors (Lipinski definition) is 1. The van der Waals surface area contributed by atoms with Gasteiger partial charge in [-0.1, -0.05) is 13.3 Å². The van der Waals surface area contributed by atoms with Crippen molar-refractivity contribution in [3.63, 3.8) is 0 Å². The molecule has 0 aromatic rings. The van der Waals surface area contributed by atoms with E-state index in [2.05, 4.69) is 6.92 Å². The standard InChI is InChI=1S/C12H25NO2/c1-2-3-7-14-8-9-15-12-6-4-5-11(13)10-12/h11-12H,2-10,13H2,1H3. The fourth-order valence-electron chi connectivity index (χ4n) is 1.95. The molecule has 0 amide bonds. The first kappa shape index (κ1) is 12.9. The number of ether oxygens (including phenoxy) is 2. The molecule has 0 spiro atoms. The summed E-state index contributed by atoms with van der Waals surface area (Å²) >= 11 is 0. The Morgan fingerprint density at radius 3 is 2.80 bits per heavy atom. The van der Waals surface area contributed by atoms with E-state index in [9.17, 15) is 0 Å². The summed E-state index contributed by atoms with van der Waals surface area (Å²) in [4.78, 5) is 0. The molecule has 1 saturated carbocycles. The highest BCUT2D eigenvalue weighted by molar-refractivity contribution is 4.75. The van der Waals surface area contributed by atoms with Crippen molar-refractivity contribution in [1.29, 1.82) is 0 Å². The van der Waals surface area contributed by atoms with Gasteiger partial charge in [0.25, 0.3) is 0 Å². The summed E-state index contributed by atoms with van der Waals surface area (Å²) in [6, 6.07) is 0.352. The summed E-state index contributed by atoms with van der Waals surface area (Å²) < 4.78 is 11.2. The van der Waals surface area contributed by atoms with E-state index in [1.807, 2.05) is 0 Å². The molecule has 0 aromatic carbocycles. The lowest BCUT2D eigenvalue weighted by molar-refractivity contribution is -0.0134. The van der Waals surface area contributed by atoms with Crippen LogP contribution in [0.1, 0.15) is 45.4 Å². The van der Waals surface area contributed by atoms with Crippen LogP contribution in [0.2, 0.25) is 0 Å². The van der Waals surface area contributed by atoms with Gasteiger partial charge in [0.1, 0.15) is 0 Å². The first-order valence-electron chi connectivity index (χ1n) is 6.28. The van der Waals surface area contributed by atoms with Gasteiger partial charge >= 0.3 is 0 Å². The van der Waals surface area contributed by atoms with Crippen molar-refractivity contribution in [3.05, 3.63) is 0 Å². The summed E-state index contributed by atoms with van der Waals surface area (Å²) in [5.41, 5.74) is 5.88. The predicted molar refractivity (Wildman–Crippen MR) is 61.9 cm³/mol. The molecule has 2 atom stereocenters. The maximum atomic E-state index is 5.88. The number of nitrogens with two attached hydrogens (primary N) is 1. The minimum absolute atomic E-state index is 0.352. The molecule has 1 rings (SSSR count). The molecule has 15 heavy (non-hydrogen) atoms.